The Labute approximate surface area is 162 Å². The third-order valence-corrected chi connectivity index (χ3v) is 5.63. The van der Waals surface area contributed by atoms with Gasteiger partial charge in [-0.15, -0.1) is 0 Å². The zero-order chi connectivity index (χ0) is 18.6. The van der Waals surface area contributed by atoms with Crippen molar-refractivity contribution in [2.24, 2.45) is 5.92 Å². The Morgan fingerprint density at radius 3 is 3.04 bits per heavy atom. The molecule has 27 heavy (non-hydrogen) atoms. The lowest BCUT2D eigenvalue weighted by atomic mass is 9.99. The first-order valence-electron chi connectivity index (χ1n) is 9.27. The monoisotopic (exact) mass is 386 g/mol. The van der Waals surface area contributed by atoms with Gasteiger partial charge in [-0.2, -0.15) is 11.3 Å². The summed E-state index contributed by atoms with van der Waals surface area (Å²) < 4.78 is 25.3. The number of hydrogen-bond acceptors (Lipinski definition) is 5. The summed E-state index contributed by atoms with van der Waals surface area (Å²) in [5.41, 5.74) is 2.02. The van der Waals surface area contributed by atoms with Crippen LogP contribution in [0, 0.1) is 18.7 Å². The third kappa shape index (κ3) is 4.39. The Bertz CT molecular complexity index is 878. The average Bonchev–Trinajstić information content (AvgIpc) is 3.32. The van der Waals surface area contributed by atoms with Crippen LogP contribution in [0.3, 0.4) is 0 Å². The molecule has 1 fully saturated rings. The highest BCUT2D eigenvalue weighted by molar-refractivity contribution is 7.08. The minimum absolute atomic E-state index is 0.302. The van der Waals surface area contributed by atoms with Crippen LogP contribution in [0.1, 0.15) is 24.3 Å². The van der Waals surface area contributed by atoms with Crippen molar-refractivity contribution in [2.75, 3.05) is 19.7 Å². The van der Waals surface area contributed by atoms with Gasteiger partial charge in [0.05, 0.1) is 12.3 Å². The van der Waals surface area contributed by atoms with Crippen molar-refractivity contribution in [3.05, 3.63) is 58.4 Å². The fourth-order valence-corrected chi connectivity index (χ4v) is 4.13. The number of ether oxygens (including phenoxy) is 1. The average molecular weight is 386 g/mol. The number of likely N-dealkylation sites (tertiary alicyclic amines) is 1. The van der Waals surface area contributed by atoms with Crippen molar-refractivity contribution in [1.82, 2.24) is 9.88 Å². The zero-order valence-electron chi connectivity index (χ0n) is 15.4. The number of aromatic nitrogens is 1. The molecule has 1 unspecified atom stereocenters. The molecule has 3 heterocycles. The number of thiophene rings is 1. The van der Waals surface area contributed by atoms with Gasteiger partial charge in [0, 0.05) is 30.0 Å². The maximum atomic E-state index is 13.7. The predicted molar refractivity (Wildman–Crippen MR) is 104 cm³/mol. The molecular weight excluding hydrogens is 363 g/mol. The Kier molecular flexibility index (Phi) is 5.55. The molecule has 0 N–H and O–H groups in total. The fourth-order valence-electron chi connectivity index (χ4n) is 3.50. The third-order valence-electron chi connectivity index (χ3n) is 4.95. The number of halogens is 1. The van der Waals surface area contributed by atoms with Crippen molar-refractivity contribution >= 4 is 11.3 Å². The Morgan fingerprint density at radius 1 is 1.33 bits per heavy atom. The molecule has 142 valence electrons. The van der Waals surface area contributed by atoms with Crippen LogP contribution in [-0.4, -0.2) is 29.6 Å². The van der Waals surface area contributed by atoms with E-state index in [-0.39, 0.29) is 5.82 Å². The standard InChI is InChI=1S/C21H23FN2O2S/c1-15-19(23-21(26-15)17-8-10-27-14-17)12-24-9-4-5-16(11-24)13-25-20-7-3-2-6-18(20)22/h2-3,6-8,10,14,16H,4-5,9,11-13H2,1H3. The summed E-state index contributed by atoms with van der Waals surface area (Å²) in [6.07, 6.45) is 2.21. The van der Waals surface area contributed by atoms with Gasteiger partial charge in [-0.1, -0.05) is 12.1 Å². The van der Waals surface area contributed by atoms with Gasteiger partial charge in [-0.3, -0.25) is 4.90 Å². The van der Waals surface area contributed by atoms with Crippen molar-refractivity contribution in [3.8, 4) is 17.2 Å². The fraction of sp³-hybridized carbons (Fsp3) is 0.381. The number of rotatable bonds is 6. The van der Waals surface area contributed by atoms with Gasteiger partial charge in [0.2, 0.25) is 5.89 Å². The summed E-state index contributed by atoms with van der Waals surface area (Å²) >= 11 is 1.64. The zero-order valence-corrected chi connectivity index (χ0v) is 16.2. The molecule has 0 bridgehead atoms. The largest absolute Gasteiger partial charge is 0.490 e. The topological polar surface area (TPSA) is 38.5 Å². The van der Waals surface area contributed by atoms with Crippen LogP contribution < -0.4 is 4.74 Å². The van der Waals surface area contributed by atoms with E-state index in [9.17, 15) is 4.39 Å². The molecule has 2 aromatic heterocycles. The highest BCUT2D eigenvalue weighted by atomic mass is 32.1. The van der Waals surface area contributed by atoms with E-state index in [1.165, 1.54) is 6.07 Å². The molecule has 4 nitrogen and oxygen atoms in total. The van der Waals surface area contributed by atoms with Gasteiger partial charge in [0.15, 0.2) is 11.6 Å². The van der Waals surface area contributed by atoms with E-state index in [2.05, 4.69) is 4.90 Å². The van der Waals surface area contributed by atoms with Gasteiger partial charge in [0.1, 0.15) is 5.76 Å². The summed E-state index contributed by atoms with van der Waals surface area (Å²) in [6, 6.07) is 8.61. The molecular formula is C21H23FN2O2S. The second-order valence-corrected chi connectivity index (χ2v) is 7.80. The molecule has 0 aliphatic carbocycles. The number of nitrogens with zero attached hydrogens (tertiary/aromatic N) is 2. The number of para-hydroxylation sites is 1. The van der Waals surface area contributed by atoms with Crippen molar-refractivity contribution in [1.29, 1.82) is 0 Å². The summed E-state index contributed by atoms with van der Waals surface area (Å²) in [7, 11) is 0. The highest BCUT2D eigenvalue weighted by Crippen LogP contribution is 2.26. The summed E-state index contributed by atoms with van der Waals surface area (Å²) in [5.74, 6) is 2.00. The first kappa shape index (κ1) is 18.2. The molecule has 4 rings (SSSR count). The minimum atomic E-state index is -0.302. The number of aryl methyl sites for hydroxylation is 1. The molecule has 1 atom stereocenters. The first-order valence-corrected chi connectivity index (χ1v) is 10.2. The molecule has 3 aromatic rings. The van der Waals surface area contributed by atoms with Crippen molar-refractivity contribution < 1.29 is 13.5 Å². The second kappa shape index (κ2) is 8.23. The van der Waals surface area contributed by atoms with E-state index in [0.717, 1.165) is 49.5 Å². The summed E-state index contributed by atoms with van der Waals surface area (Å²) in [5, 5.41) is 4.07. The van der Waals surface area contributed by atoms with E-state index in [1.54, 1.807) is 29.5 Å². The molecule has 0 radical (unpaired) electrons. The predicted octanol–water partition coefficient (Wildman–Crippen LogP) is 5.14. The second-order valence-electron chi connectivity index (χ2n) is 7.02. The number of piperidine rings is 1. The van der Waals surface area contributed by atoms with Crippen LogP contribution in [0.2, 0.25) is 0 Å². The van der Waals surface area contributed by atoms with Crippen LogP contribution in [-0.2, 0) is 6.54 Å². The van der Waals surface area contributed by atoms with E-state index in [4.69, 9.17) is 14.1 Å². The van der Waals surface area contributed by atoms with Crippen molar-refractivity contribution in [2.45, 2.75) is 26.3 Å². The lowest BCUT2D eigenvalue weighted by Gasteiger charge is -2.32. The molecule has 0 amide bonds. The van der Waals surface area contributed by atoms with Gasteiger partial charge in [-0.25, -0.2) is 9.37 Å². The van der Waals surface area contributed by atoms with Crippen LogP contribution in [0.4, 0.5) is 4.39 Å². The number of oxazole rings is 1. The SMILES string of the molecule is Cc1oc(-c2ccsc2)nc1CN1CCCC(COc2ccccc2F)C1. The van der Waals surface area contributed by atoms with Crippen LogP contribution in [0.15, 0.2) is 45.5 Å². The van der Waals surface area contributed by atoms with Crippen molar-refractivity contribution in [3.63, 3.8) is 0 Å². The molecule has 1 aliphatic rings. The maximum Gasteiger partial charge on any atom is 0.227 e. The minimum Gasteiger partial charge on any atom is -0.490 e. The first-order chi connectivity index (χ1) is 13.2. The molecule has 6 heteroatoms. The van der Waals surface area contributed by atoms with Gasteiger partial charge in [0.25, 0.3) is 0 Å². The van der Waals surface area contributed by atoms with Crippen LogP contribution in [0.5, 0.6) is 5.75 Å². The van der Waals surface area contributed by atoms with Gasteiger partial charge >= 0.3 is 0 Å². The number of hydrogen-bond donors (Lipinski definition) is 0. The lowest BCUT2D eigenvalue weighted by molar-refractivity contribution is 0.122. The van der Waals surface area contributed by atoms with E-state index in [0.29, 0.717) is 24.2 Å². The molecule has 0 saturated carbocycles. The normalized spacial score (nSPS) is 17.9. The molecule has 1 aromatic carbocycles. The Morgan fingerprint density at radius 2 is 2.22 bits per heavy atom. The van der Waals surface area contributed by atoms with Crippen LogP contribution in [0.25, 0.3) is 11.5 Å². The highest BCUT2D eigenvalue weighted by Gasteiger charge is 2.23. The molecule has 1 saturated heterocycles. The van der Waals surface area contributed by atoms with Crippen LogP contribution >= 0.6 is 11.3 Å². The number of benzene rings is 1. The van der Waals surface area contributed by atoms with E-state index >= 15 is 0 Å². The Hall–Kier alpha value is -2.18. The smallest absolute Gasteiger partial charge is 0.227 e. The van der Waals surface area contributed by atoms with E-state index in [1.807, 2.05) is 23.8 Å². The van der Waals surface area contributed by atoms with Gasteiger partial charge < -0.3 is 9.15 Å². The quantitative estimate of drug-likeness (QED) is 0.588. The Balaban J connectivity index is 1.35. The molecule has 0 spiro atoms. The lowest BCUT2D eigenvalue weighted by Crippen LogP contribution is -2.37. The summed E-state index contributed by atoms with van der Waals surface area (Å²) in [4.78, 5) is 7.08. The van der Waals surface area contributed by atoms with E-state index < -0.39 is 0 Å². The molecule has 1 aliphatic heterocycles. The maximum absolute atomic E-state index is 13.7. The summed E-state index contributed by atoms with van der Waals surface area (Å²) in [6.45, 7) is 5.25. The van der Waals surface area contributed by atoms with Gasteiger partial charge in [-0.05, 0) is 49.9 Å².